The number of nitrogens with one attached hydrogen (secondary N) is 1. The summed E-state index contributed by atoms with van der Waals surface area (Å²) < 4.78 is 0. The molecular formula is C17H27NO2S. The first kappa shape index (κ1) is 18.1. The zero-order valence-electron chi connectivity index (χ0n) is 13.3. The number of rotatable bonds is 8. The highest BCUT2D eigenvalue weighted by Gasteiger charge is 2.25. The molecule has 2 N–H and O–H groups in total. The van der Waals surface area contributed by atoms with Gasteiger partial charge in [-0.1, -0.05) is 51.1 Å². The van der Waals surface area contributed by atoms with Crippen molar-refractivity contribution in [3.63, 3.8) is 0 Å². The Morgan fingerprint density at radius 2 is 1.95 bits per heavy atom. The van der Waals surface area contributed by atoms with Crippen LogP contribution in [-0.2, 0) is 11.2 Å². The van der Waals surface area contributed by atoms with Crippen LogP contribution in [0.25, 0.3) is 0 Å². The Morgan fingerprint density at radius 3 is 2.52 bits per heavy atom. The first-order valence-corrected chi connectivity index (χ1v) is 8.61. The molecule has 0 aliphatic carbocycles. The van der Waals surface area contributed by atoms with Crippen LogP contribution in [0.3, 0.4) is 0 Å². The molecule has 0 radical (unpaired) electrons. The number of carbonyl (C=O) groups excluding carboxylic acids is 1. The lowest BCUT2D eigenvalue weighted by atomic mass is 9.85. The molecule has 1 rings (SSSR count). The maximum Gasteiger partial charge on any atom is 0.230 e. The molecule has 4 heteroatoms. The van der Waals surface area contributed by atoms with E-state index in [2.05, 4.69) is 38.2 Å². The molecule has 0 spiro atoms. The fourth-order valence-corrected chi connectivity index (χ4v) is 2.88. The third-order valence-electron chi connectivity index (χ3n) is 3.41. The summed E-state index contributed by atoms with van der Waals surface area (Å²) in [5, 5.41) is 12.1. The van der Waals surface area contributed by atoms with Crippen LogP contribution in [0.2, 0.25) is 0 Å². The first-order valence-electron chi connectivity index (χ1n) is 7.45. The molecule has 0 saturated carbocycles. The molecule has 0 heterocycles. The molecule has 1 unspecified atom stereocenters. The van der Waals surface area contributed by atoms with E-state index in [-0.39, 0.29) is 24.0 Å². The van der Waals surface area contributed by atoms with Crippen LogP contribution in [-0.4, -0.2) is 35.2 Å². The zero-order valence-corrected chi connectivity index (χ0v) is 14.1. The molecule has 3 nitrogen and oxygen atoms in total. The summed E-state index contributed by atoms with van der Waals surface area (Å²) in [6, 6.07) is 10.3. The molecule has 1 aromatic carbocycles. The van der Waals surface area contributed by atoms with Gasteiger partial charge in [-0.2, -0.15) is 11.8 Å². The van der Waals surface area contributed by atoms with Crippen LogP contribution in [0.1, 0.15) is 32.8 Å². The number of hydrogen-bond donors (Lipinski definition) is 2. The third-order valence-corrected chi connectivity index (χ3v) is 4.37. The number of hydrogen-bond acceptors (Lipinski definition) is 3. The quantitative estimate of drug-likeness (QED) is 0.726. The van der Waals surface area contributed by atoms with E-state index in [9.17, 15) is 4.79 Å². The summed E-state index contributed by atoms with van der Waals surface area (Å²) >= 11 is 1.65. The Morgan fingerprint density at radius 1 is 1.29 bits per heavy atom. The van der Waals surface area contributed by atoms with Crippen molar-refractivity contribution in [2.75, 3.05) is 18.1 Å². The molecule has 1 amide bonds. The van der Waals surface area contributed by atoms with Crippen LogP contribution >= 0.6 is 11.8 Å². The number of benzene rings is 1. The highest BCUT2D eigenvalue weighted by Crippen LogP contribution is 2.21. The molecule has 0 aromatic heterocycles. The van der Waals surface area contributed by atoms with Gasteiger partial charge < -0.3 is 10.4 Å². The topological polar surface area (TPSA) is 49.3 Å². The summed E-state index contributed by atoms with van der Waals surface area (Å²) in [6.45, 7) is 6.34. The minimum absolute atomic E-state index is 0.0183. The number of aliphatic hydroxyl groups excluding tert-OH is 1. The maximum absolute atomic E-state index is 12.0. The van der Waals surface area contributed by atoms with Crippen molar-refractivity contribution in [3.05, 3.63) is 35.9 Å². The van der Waals surface area contributed by atoms with Gasteiger partial charge in [-0.15, -0.1) is 0 Å². The number of thioether (sulfide) groups is 1. The van der Waals surface area contributed by atoms with Crippen LogP contribution in [0.5, 0.6) is 0 Å². The molecule has 21 heavy (non-hydrogen) atoms. The average molecular weight is 309 g/mol. The third kappa shape index (κ3) is 7.53. The summed E-state index contributed by atoms with van der Waals surface area (Å²) in [4.78, 5) is 12.0. The van der Waals surface area contributed by atoms with Crippen molar-refractivity contribution >= 4 is 17.7 Å². The minimum atomic E-state index is -0.0346. The van der Waals surface area contributed by atoms with Crippen molar-refractivity contribution in [2.24, 2.45) is 5.41 Å². The predicted molar refractivity (Wildman–Crippen MR) is 90.6 cm³/mol. The highest BCUT2D eigenvalue weighted by atomic mass is 32.2. The second-order valence-electron chi connectivity index (χ2n) is 6.29. The van der Waals surface area contributed by atoms with Gasteiger partial charge in [0.15, 0.2) is 0 Å². The monoisotopic (exact) mass is 309 g/mol. The van der Waals surface area contributed by atoms with Crippen molar-refractivity contribution in [1.29, 1.82) is 0 Å². The SMILES string of the molecule is CC(C)(C)C(CCO)NC(=O)CSCCc1ccccc1. The van der Waals surface area contributed by atoms with Gasteiger partial charge in [0.25, 0.3) is 0 Å². The van der Waals surface area contributed by atoms with E-state index in [1.165, 1.54) is 5.56 Å². The molecule has 1 aromatic rings. The van der Waals surface area contributed by atoms with Crippen molar-refractivity contribution in [3.8, 4) is 0 Å². The van der Waals surface area contributed by atoms with Crippen LogP contribution in [0.4, 0.5) is 0 Å². The van der Waals surface area contributed by atoms with Gasteiger partial charge in [-0.25, -0.2) is 0 Å². The Labute approximate surface area is 132 Å². The molecule has 0 bridgehead atoms. The predicted octanol–water partition coefficient (Wildman–Crippen LogP) is 2.88. The van der Waals surface area contributed by atoms with E-state index in [4.69, 9.17) is 5.11 Å². The number of amides is 1. The van der Waals surface area contributed by atoms with E-state index >= 15 is 0 Å². The number of aryl methyl sites for hydroxylation is 1. The molecule has 0 fully saturated rings. The van der Waals surface area contributed by atoms with Gasteiger partial charge in [-0.3, -0.25) is 4.79 Å². The van der Waals surface area contributed by atoms with Gasteiger partial charge >= 0.3 is 0 Å². The normalized spacial score (nSPS) is 13.0. The summed E-state index contributed by atoms with van der Waals surface area (Å²) in [5.74, 6) is 1.48. The number of carbonyl (C=O) groups is 1. The second kappa shape index (κ2) is 9.11. The second-order valence-corrected chi connectivity index (χ2v) is 7.39. The Hall–Kier alpha value is -1.00. The molecular weight excluding hydrogens is 282 g/mol. The fourth-order valence-electron chi connectivity index (χ4n) is 2.09. The highest BCUT2D eigenvalue weighted by molar-refractivity contribution is 7.99. The van der Waals surface area contributed by atoms with Crippen LogP contribution < -0.4 is 5.32 Å². The molecule has 0 aliphatic rings. The molecule has 118 valence electrons. The van der Waals surface area contributed by atoms with Gasteiger partial charge in [0, 0.05) is 12.6 Å². The van der Waals surface area contributed by atoms with Crippen LogP contribution in [0, 0.1) is 5.41 Å². The Balaban J connectivity index is 2.27. The zero-order chi connectivity index (χ0) is 15.7. The van der Waals surface area contributed by atoms with Crippen molar-refractivity contribution in [2.45, 2.75) is 39.7 Å². The fraction of sp³-hybridized carbons (Fsp3) is 0.588. The van der Waals surface area contributed by atoms with Crippen LogP contribution in [0.15, 0.2) is 30.3 Å². The van der Waals surface area contributed by atoms with E-state index in [1.807, 2.05) is 18.2 Å². The van der Waals surface area contributed by atoms with E-state index in [0.29, 0.717) is 12.2 Å². The maximum atomic E-state index is 12.0. The lowest BCUT2D eigenvalue weighted by Crippen LogP contribution is -2.45. The van der Waals surface area contributed by atoms with Gasteiger partial charge in [0.1, 0.15) is 0 Å². The molecule has 0 aliphatic heterocycles. The number of aliphatic hydroxyl groups is 1. The average Bonchev–Trinajstić information content (AvgIpc) is 2.43. The van der Waals surface area contributed by atoms with E-state index in [0.717, 1.165) is 12.2 Å². The van der Waals surface area contributed by atoms with Gasteiger partial charge in [0.05, 0.1) is 5.75 Å². The summed E-state index contributed by atoms with van der Waals surface area (Å²) in [5.41, 5.74) is 1.27. The summed E-state index contributed by atoms with van der Waals surface area (Å²) in [6.07, 6.45) is 1.59. The molecule has 0 saturated heterocycles. The lowest BCUT2D eigenvalue weighted by molar-refractivity contribution is -0.120. The van der Waals surface area contributed by atoms with Gasteiger partial charge in [0.2, 0.25) is 5.91 Å². The minimum Gasteiger partial charge on any atom is -0.396 e. The molecule has 1 atom stereocenters. The Kier molecular flexibility index (Phi) is 7.83. The summed E-state index contributed by atoms with van der Waals surface area (Å²) in [7, 11) is 0. The smallest absolute Gasteiger partial charge is 0.230 e. The first-order chi connectivity index (χ1) is 9.93. The van der Waals surface area contributed by atoms with Gasteiger partial charge in [-0.05, 0) is 29.6 Å². The largest absolute Gasteiger partial charge is 0.396 e. The lowest BCUT2D eigenvalue weighted by Gasteiger charge is -2.31. The van der Waals surface area contributed by atoms with Crippen molar-refractivity contribution < 1.29 is 9.90 Å². The van der Waals surface area contributed by atoms with E-state index < -0.39 is 0 Å². The standard InChI is InChI=1S/C17H27NO2S/c1-17(2,3)15(9-11-19)18-16(20)13-21-12-10-14-7-5-4-6-8-14/h4-8,15,19H,9-13H2,1-3H3,(H,18,20). The van der Waals surface area contributed by atoms with Crippen molar-refractivity contribution in [1.82, 2.24) is 5.32 Å². The Bertz CT molecular complexity index is 415. The van der Waals surface area contributed by atoms with E-state index in [1.54, 1.807) is 11.8 Å².